The van der Waals surface area contributed by atoms with Gasteiger partial charge in [-0.1, -0.05) is 145 Å². The molecule has 0 saturated heterocycles. The third-order valence-corrected chi connectivity index (χ3v) is 8.86. The number of esters is 1. The summed E-state index contributed by atoms with van der Waals surface area (Å²) >= 11 is 0. The second-order valence-electron chi connectivity index (χ2n) is 15.2. The molecule has 0 aliphatic carbocycles. The Kier molecular flexibility index (Phi) is 17.5. The summed E-state index contributed by atoms with van der Waals surface area (Å²) < 4.78 is 17.4. The predicted octanol–water partition coefficient (Wildman–Crippen LogP) is 9.27. The van der Waals surface area contributed by atoms with E-state index in [2.05, 4.69) is 6.92 Å². The van der Waals surface area contributed by atoms with Gasteiger partial charge in [0.2, 0.25) is 5.76 Å². The molecule has 3 N–H and O–H groups in total. The van der Waals surface area contributed by atoms with Crippen molar-refractivity contribution in [2.75, 3.05) is 13.2 Å². The second-order valence-corrected chi connectivity index (χ2v) is 15.2. The van der Waals surface area contributed by atoms with Crippen LogP contribution >= 0.6 is 0 Å². The molecule has 0 amide bonds. The fraction of sp³-hybridized carbons (Fsp3) is 0.769. The molecule has 0 bridgehead atoms. The highest BCUT2D eigenvalue weighted by molar-refractivity contribution is 5.89. The number of hydrogen-bond acceptors (Lipinski definition) is 7. The van der Waals surface area contributed by atoms with Crippen LogP contribution in [0.3, 0.4) is 0 Å². The van der Waals surface area contributed by atoms with E-state index in [1.165, 1.54) is 83.5 Å². The maximum absolute atomic E-state index is 12.7. The lowest BCUT2D eigenvalue weighted by molar-refractivity contribution is -0.148. The number of hydrogen-bond donors (Lipinski definition) is 3. The lowest BCUT2D eigenvalue weighted by Gasteiger charge is -2.28. The highest BCUT2D eigenvalue weighted by Gasteiger charge is 2.42. The number of cyclic esters (lactones) is 1. The normalized spacial score (nSPS) is 16.2. The number of rotatable bonds is 23. The van der Waals surface area contributed by atoms with E-state index in [9.17, 15) is 20.1 Å². The van der Waals surface area contributed by atoms with Crippen molar-refractivity contribution in [3.8, 4) is 5.75 Å². The molecule has 46 heavy (non-hydrogen) atoms. The van der Waals surface area contributed by atoms with Crippen molar-refractivity contribution in [2.24, 2.45) is 0 Å². The summed E-state index contributed by atoms with van der Waals surface area (Å²) in [6.45, 7) is 14.4. The van der Waals surface area contributed by atoms with Crippen LogP contribution in [0.25, 0.3) is 0 Å². The zero-order chi connectivity index (χ0) is 34.2. The van der Waals surface area contributed by atoms with Crippen molar-refractivity contribution in [2.45, 2.75) is 181 Å². The van der Waals surface area contributed by atoms with Crippen LogP contribution in [0.4, 0.5) is 0 Å². The predicted molar refractivity (Wildman–Crippen MR) is 186 cm³/mol. The average molecular weight is 647 g/mol. The van der Waals surface area contributed by atoms with Gasteiger partial charge in [-0.05, 0) is 46.1 Å². The van der Waals surface area contributed by atoms with Gasteiger partial charge in [-0.3, -0.25) is 0 Å². The van der Waals surface area contributed by atoms with Gasteiger partial charge in [-0.2, -0.15) is 0 Å². The SMILES string of the molecule is CCCCCCCCCCCCCCCCCCOC1=C(OCc2cc(C(C)(C)C)c(O)c(C(C)(C)C)c2)[C@@H]([C@@H](O)CO)OC1=O. The zero-order valence-electron chi connectivity index (χ0n) is 30.2. The van der Waals surface area contributed by atoms with Crippen molar-refractivity contribution in [1.82, 2.24) is 0 Å². The van der Waals surface area contributed by atoms with Crippen molar-refractivity contribution >= 4 is 5.97 Å². The van der Waals surface area contributed by atoms with Crippen molar-refractivity contribution in [3.05, 3.63) is 40.3 Å². The summed E-state index contributed by atoms with van der Waals surface area (Å²) in [4.78, 5) is 12.7. The van der Waals surface area contributed by atoms with Crippen LogP contribution in [0.2, 0.25) is 0 Å². The number of phenols is 1. The van der Waals surface area contributed by atoms with Crippen LogP contribution in [0, 0.1) is 0 Å². The van der Waals surface area contributed by atoms with Gasteiger partial charge in [-0.25, -0.2) is 4.79 Å². The fourth-order valence-electron chi connectivity index (χ4n) is 5.99. The molecule has 1 aromatic carbocycles. The Morgan fingerprint density at radius 3 is 1.59 bits per heavy atom. The summed E-state index contributed by atoms with van der Waals surface area (Å²) in [5.41, 5.74) is 1.82. The molecule has 0 radical (unpaired) electrons. The third-order valence-electron chi connectivity index (χ3n) is 8.86. The molecule has 1 heterocycles. The quantitative estimate of drug-likeness (QED) is 0.0804. The zero-order valence-corrected chi connectivity index (χ0v) is 30.2. The molecule has 0 saturated carbocycles. The molecular weight excluding hydrogens is 580 g/mol. The highest BCUT2D eigenvalue weighted by atomic mass is 16.6. The van der Waals surface area contributed by atoms with Gasteiger partial charge in [0.1, 0.15) is 18.5 Å². The van der Waals surface area contributed by atoms with Gasteiger partial charge >= 0.3 is 5.97 Å². The number of benzene rings is 1. The van der Waals surface area contributed by atoms with Gasteiger partial charge < -0.3 is 29.5 Å². The highest BCUT2D eigenvalue weighted by Crippen LogP contribution is 2.40. The topological polar surface area (TPSA) is 105 Å². The fourth-order valence-corrected chi connectivity index (χ4v) is 5.99. The molecule has 2 atom stereocenters. The van der Waals surface area contributed by atoms with Crippen molar-refractivity contribution in [1.29, 1.82) is 0 Å². The first-order chi connectivity index (χ1) is 21.8. The van der Waals surface area contributed by atoms with Crippen molar-refractivity contribution < 1.29 is 34.3 Å². The first kappa shape index (κ1) is 39.9. The molecule has 0 spiro atoms. The maximum Gasteiger partial charge on any atom is 0.378 e. The monoisotopic (exact) mass is 646 g/mol. The molecule has 1 aliphatic rings. The minimum Gasteiger partial charge on any atom is -0.507 e. The number of carbonyl (C=O) groups excluding carboxylic acids is 1. The number of carbonyl (C=O) groups is 1. The Balaban J connectivity index is 1.85. The van der Waals surface area contributed by atoms with E-state index >= 15 is 0 Å². The summed E-state index contributed by atoms with van der Waals surface area (Å²) in [6.07, 6.45) is 18.0. The first-order valence-electron chi connectivity index (χ1n) is 18.2. The molecule has 7 heteroatoms. The van der Waals surface area contributed by atoms with Gasteiger partial charge in [0.05, 0.1) is 13.2 Å². The summed E-state index contributed by atoms with van der Waals surface area (Å²) in [7, 11) is 0. The van der Waals surface area contributed by atoms with Crippen molar-refractivity contribution in [3.63, 3.8) is 0 Å². The summed E-state index contributed by atoms with van der Waals surface area (Å²) in [5, 5.41) is 31.1. The molecule has 264 valence electrons. The number of aliphatic hydroxyl groups is 2. The Labute approximate surface area is 280 Å². The van der Waals surface area contributed by atoms with E-state index in [0.29, 0.717) is 6.61 Å². The van der Waals surface area contributed by atoms with Crippen LogP contribution in [0.1, 0.15) is 168 Å². The number of ether oxygens (including phenoxy) is 3. The van der Waals surface area contributed by atoms with Gasteiger partial charge in [0.15, 0.2) is 11.9 Å². The Morgan fingerprint density at radius 1 is 0.739 bits per heavy atom. The van der Waals surface area contributed by atoms with Gasteiger partial charge in [0, 0.05) is 0 Å². The van der Waals surface area contributed by atoms with E-state index in [0.717, 1.165) is 36.0 Å². The molecule has 1 aliphatic heterocycles. The van der Waals surface area contributed by atoms with Crippen LogP contribution in [0.15, 0.2) is 23.7 Å². The molecule has 0 unspecified atom stereocenters. The van der Waals surface area contributed by atoms with Crippen LogP contribution in [-0.4, -0.2) is 46.7 Å². The minimum atomic E-state index is -1.33. The largest absolute Gasteiger partial charge is 0.507 e. The lowest BCUT2D eigenvalue weighted by atomic mass is 9.78. The first-order valence-corrected chi connectivity index (χ1v) is 18.2. The van der Waals surface area contributed by atoms with Crippen LogP contribution < -0.4 is 0 Å². The van der Waals surface area contributed by atoms with E-state index in [1.54, 1.807) is 0 Å². The number of aromatic hydroxyl groups is 1. The number of aliphatic hydroxyl groups excluding tert-OH is 2. The standard InChI is InChI=1S/C39H66O7/c1-8-9-10-11-12-13-14-15-16-17-18-19-20-21-22-23-24-44-36-35(34(32(41)27-40)46-37(36)43)45-28-29-25-30(38(2,3)4)33(42)31(26-29)39(5,6)7/h25-26,32,34,40-42H,8-24,27-28H2,1-7H3/t32-,34+/m0/s1. The number of phenolic OH excluding ortho intramolecular Hbond substituents is 1. The van der Waals surface area contributed by atoms with Crippen LogP contribution in [-0.2, 0) is 36.4 Å². The molecule has 2 rings (SSSR count). The van der Waals surface area contributed by atoms with Crippen LogP contribution in [0.5, 0.6) is 5.75 Å². The average Bonchev–Trinajstić information content (AvgIpc) is 3.31. The lowest BCUT2D eigenvalue weighted by Crippen LogP contribution is -2.32. The smallest absolute Gasteiger partial charge is 0.378 e. The Bertz CT molecular complexity index is 1030. The molecule has 0 aromatic heterocycles. The molecule has 0 fully saturated rings. The number of unbranched alkanes of at least 4 members (excludes halogenated alkanes) is 15. The maximum atomic E-state index is 12.7. The van der Waals surface area contributed by atoms with E-state index in [1.807, 2.05) is 53.7 Å². The molecule has 1 aromatic rings. The van der Waals surface area contributed by atoms with E-state index in [-0.39, 0.29) is 34.7 Å². The molecule has 7 nitrogen and oxygen atoms in total. The van der Waals surface area contributed by atoms with E-state index < -0.39 is 24.8 Å². The summed E-state index contributed by atoms with van der Waals surface area (Å²) in [5.74, 6) is -0.353. The summed E-state index contributed by atoms with van der Waals surface area (Å²) in [6, 6.07) is 3.83. The Morgan fingerprint density at radius 2 is 1.17 bits per heavy atom. The second kappa shape index (κ2) is 20.2. The minimum absolute atomic E-state index is 0.0377. The van der Waals surface area contributed by atoms with Gasteiger partial charge in [-0.15, -0.1) is 0 Å². The Hall–Kier alpha value is -2.25. The molecular formula is C39H66O7. The van der Waals surface area contributed by atoms with Gasteiger partial charge in [0.25, 0.3) is 0 Å². The third kappa shape index (κ3) is 13.5. The van der Waals surface area contributed by atoms with E-state index in [4.69, 9.17) is 14.2 Å².